The van der Waals surface area contributed by atoms with Gasteiger partial charge in [0.05, 0.1) is 0 Å². The molecule has 0 saturated heterocycles. The molecule has 2 rings (SSSR count). The SMILES string of the molecule is CCN(CC)CCOc1ccc(C(=O)NCC(N)c2ccccc2)cc1. The van der Waals surface area contributed by atoms with Crippen LogP contribution in [0.4, 0.5) is 0 Å². The van der Waals surface area contributed by atoms with Crippen LogP contribution in [0, 0.1) is 0 Å². The van der Waals surface area contributed by atoms with Crippen molar-refractivity contribution in [3.8, 4) is 5.75 Å². The molecule has 0 aliphatic rings. The van der Waals surface area contributed by atoms with Crippen LogP contribution in [0.5, 0.6) is 5.75 Å². The average Bonchev–Trinajstić information content (AvgIpc) is 2.70. The summed E-state index contributed by atoms with van der Waals surface area (Å²) < 4.78 is 5.74. The Bertz CT molecular complexity index is 655. The fraction of sp³-hybridized carbons (Fsp3) is 0.381. The van der Waals surface area contributed by atoms with Gasteiger partial charge in [-0.15, -0.1) is 0 Å². The van der Waals surface area contributed by atoms with Gasteiger partial charge in [0, 0.05) is 24.7 Å². The Morgan fingerprint density at radius 1 is 1.08 bits per heavy atom. The molecule has 140 valence electrons. The monoisotopic (exact) mass is 355 g/mol. The van der Waals surface area contributed by atoms with Gasteiger partial charge in [-0.1, -0.05) is 44.2 Å². The molecule has 0 bridgehead atoms. The predicted molar refractivity (Wildman–Crippen MR) is 105 cm³/mol. The highest BCUT2D eigenvalue weighted by Gasteiger charge is 2.10. The molecule has 0 radical (unpaired) electrons. The van der Waals surface area contributed by atoms with E-state index in [-0.39, 0.29) is 11.9 Å². The summed E-state index contributed by atoms with van der Waals surface area (Å²) >= 11 is 0. The van der Waals surface area contributed by atoms with Crippen LogP contribution in [0.3, 0.4) is 0 Å². The standard InChI is InChI=1S/C21H29N3O2/c1-3-24(4-2)14-15-26-19-12-10-18(11-13-19)21(25)23-16-20(22)17-8-6-5-7-9-17/h5-13,20H,3-4,14-16,22H2,1-2H3,(H,23,25). The lowest BCUT2D eigenvalue weighted by Crippen LogP contribution is -2.31. The van der Waals surface area contributed by atoms with Crippen molar-refractivity contribution in [1.29, 1.82) is 0 Å². The van der Waals surface area contributed by atoms with Gasteiger partial charge in [0.15, 0.2) is 0 Å². The molecule has 1 amide bonds. The van der Waals surface area contributed by atoms with Gasteiger partial charge >= 0.3 is 0 Å². The maximum absolute atomic E-state index is 12.3. The van der Waals surface area contributed by atoms with E-state index >= 15 is 0 Å². The number of hydrogen-bond acceptors (Lipinski definition) is 4. The zero-order valence-corrected chi connectivity index (χ0v) is 15.7. The van der Waals surface area contributed by atoms with E-state index in [1.807, 2.05) is 42.5 Å². The number of amides is 1. The van der Waals surface area contributed by atoms with E-state index in [1.54, 1.807) is 12.1 Å². The molecule has 0 saturated carbocycles. The van der Waals surface area contributed by atoms with Crippen molar-refractivity contribution in [1.82, 2.24) is 10.2 Å². The highest BCUT2D eigenvalue weighted by atomic mass is 16.5. The van der Waals surface area contributed by atoms with E-state index in [9.17, 15) is 4.79 Å². The number of ether oxygens (including phenoxy) is 1. The maximum Gasteiger partial charge on any atom is 0.251 e. The van der Waals surface area contributed by atoms with E-state index in [0.717, 1.165) is 30.9 Å². The molecule has 2 aromatic rings. The molecule has 0 spiro atoms. The summed E-state index contributed by atoms with van der Waals surface area (Å²) in [4.78, 5) is 14.6. The summed E-state index contributed by atoms with van der Waals surface area (Å²) in [6.45, 7) is 8.24. The summed E-state index contributed by atoms with van der Waals surface area (Å²) in [5, 5.41) is 2.88. The number of rotatable bonds is 10. The van der Waals surface area contributed by atoms with Crippen molar-refractivity contribution in [2.45, 2.75) is 19.9 Å². The van der Waals surface area contributed by atoms with Crippen LogP contribution >= 0.6 is 0 Å². The zero-order valence-electron chi connectivity index (χ0n) is 15.7. The molecular weight excluding hydrogens is 326 g/mol. The third-order valence-corrected chi connectivity index (χ3v) is 4.40. The third-order valence-electron chi connectivity index (χ3n) is 4.40. The minimum atomic E-state index is -0.220. The molecule has 26 heavy (non-hydrogen) atoms. The summed E-state index contributed by atoms with van der Waals surface area (Å²) in [7, 11) is 0. The van der Waals surface area contributed by atoms with Crippen LogP contribution < -0.4 is 15.8 Å². The van der Waals surface area contributed by atoms with E-state index < -0.39 is 0 Å². The number of likely N-dealkylation sites (N-methyl/N-ethyl adjacent to an activating group) is 1. The second kappa shape index (κ2) is 10.6. The number of carbonyl (C=O) groups is 1. The largest absolute Gasteiger partial charge is 0.492 e. The van der Waals surface area contributed by atoms with E-state index in [2.05, 4.69) is 24.1 Å². The Hall–Kier alpha value is -2.37. The van der Waals surface area contributed by atoms with Crippen LogP contribution in [0.2, 0.25) is 0 Å². The van der Waals surface area contributed by atoms with E-state index in [0.29, 0.717) is 18.7 Å². The maximum atomic E-state index is 12.3. The van der Waals surface area contributed by atoms with E-state index in [4.69, 9.17) is 10.5 Å². The lowest BCUT2D eigenvalue weighted by atomic mass is 10.1. The Balaban J connectivity index is 1.79. The number of benzene rings is 2. The zero-order chi connectivity index (χ0) is 18.8. The molecule has 5 nitrogen and oxygen atoms in total. The quantitative estimate of drug-likeness (QED) is 0.688. The van der Waals surface area contributed by atoms with Crippen LogP contribution in [0.25, 0.3) is 0 Å². The molecule has 1 unspecified atom stereocenters. The predicted octanol–water partition coefficient (Wildman–Crippen LogP) is 2.84. The van der Waals surface area contributed by atoms with Crippen LogP contribution in [0.1, 0.15) is 35.8 Å². The van der Waals surface area contributed by atoms with Crippen LogP contribution in [-0.2, 0) is 0 Å². The lowest BCUT2D eigenvalue weighted by molar-refractivity contribution is 0.0951. The van der Waals surface area contributed by atoms with Gasteiger partial charge in [-0.25, -0.2) is 0 Å². The normalized spacial score (nSPS) is 12.0. The third kappa shape index (κ3) is 6.17. The number of nitrogens with zero attached hydrogens (tertiary/aromatic N) is 1. The van der Waals surface area contributed by atoms with Gasteiger partial charge in [0.25, 0.3) is 5.91 Å². The summed E-state index contributed by atoms with van der Waals surface area (Å²) in [5.74, 6) is 0.640. The first-order valence-electron chi connectivity index (χ1n) is 9.18. The fourth-order valence-electron chi connectivity index (χ4n) is 2.66. The van der Waals surface area contributed by atoms with Crippen molar-refractivity contribution in [3.63, 3.8) is 0 Å². The van der Waals surface area contributed by atoms with Crippen molar-refractivity contribution in [3.05, 3.63) is 65.7 Å². The summed E-state index contributed by atoms with van der Waals surface area (Å²) in [5.41, 5.74) is 7.71. The molecular formula is C21H29N3O2. The second-order valence-electron chi connectivity index (χ2n) is 6.13. The molecule has 0 heterocycles. The smallest absolute Gasteiger partial charge is 0.251 e. The van der Waals surface area contributed by atoms with Gasteiger partial charge in [0.2, 0.25) is 0 Å². The highest BCUT2D eigenvalue weighted by molar-refractivity contribution is 5.94. The first-order chi connectivity index (χ1) is 12.6. The highest BCUT2D eigenvalue weighted by Crippen LogP contribution is 2.13. The van der Waals surface area contributed by atoms with E-state index in [1.165, 1.54) is 0 Å². The molecule has 0 aromatic heterocycles. The molecule has 5 heteroatoms. The molecule has 1 atom stereocenters. The van der Waals surface area contributed by atoms with Crippen LogP contribution in [-0.4, -0.2) is 43.6 Å². The Morgan fingerprint density at radius 2 is 1.73 bits per heavy atom. The van der Waals surface area contributed by atoms with Gasteiger partial charge in [-0.2, -0.15) is 0 Å². The molecule has 0 aliphatic carbocycles. The topological polar surface area (TPSA) is 67.6 Å². The molecule has 2 aromatic carbocycles. The fourth-order valence-corrected chi connectivity index (χ4v) is 2.66. The summed E-state index contributed by atoms with van der Waals surface area (Å²) in [6, 6.07) is 16.7. The van der Waals surface area contributed by atoms with Gasteiger partial charge in [-0.3, -0.25) is 4.79 Å². The number of nitrogens with one attached hydrogen (secondary N) is 1. The van der Waals surface area contributed by atoms with Gasteiger partial charge in [-0.05, 0) is 42.9 Å². The number of hydrogen-bond donors (Lipinski definition) is 2. The van der Waals surface area contributed by atoms with Crippen molar-refractivity contribution in [2.75, 3.05) is 32.8 Å². The number of carbonyl (C=O) groups excluding carboxylic acids is 1. The van der Waals surface area contributed by atoms with Crippen molar-refractivity contribution in [2.24, 2.45) is 5.73 Å². The first-order valence-corrected chi connectivity index (χ1v) is 9.18. The van der Waals surface area contributed by atoms with Crippen molar-refractivity contribution < 1.29 is 9.53 Å². The second-order valence-corrected chi connectivity index (χ2v) is 6.13. The van der Waals surface area contributed by atoms with Gasteiger partial charge < -0.3 is 20.7 Å². The van der Waals surface area contributed by atoms with Crippen molar-refractivity contribution >= 4 is 5.91 Å². The minimum Gasteiger partial charge on any atom is -0.492 e. The first kappa shape index (κ1) is 19.9. The Labute approximate surface area is 156 Å². The van der Waals surface area contributed by atoms with Crippen LogP contribution in [0.15, 0.2) is 54.6 Å². The average molecular weight is 355 g/mol. The number of nitrogens with two attached hydrogens (primary N) is 1. The Morgan fingerprint density at radius 3 is 2.35 bits per heavy atom. The minimum absolute atomic E-state index is 0.133. The lowest BCUT2D eigenvalue weighted by Gasteiger charge is -2.18. The Kier molecular flexibility index (Phi) is 8.12. The molecule has 3 N–H and O–H groups in total. The van der Waals surface area contributed by atoms with Gasteiger partial charge in [0.1, 0.15) is 12.4 Å². The summed E-state index contributed by atoms with van der Waals surface area (Å²) in [6.07, 6.45) is 0. The molecule has 0 aliphatic heterocycles. The molecule has 0 fully saturated rings.